The number of rotatable bonds is 10. The molecular weight excluding hydrogens is 384 g/mol. The minimum Gasteiger partial charge on any atom is -0.462 e. The van der Waals surface area contributed by atoms with Crippen molar-refractivity contribution in [2.75, 3.05) is 6.61 Å². The summed E-state index contributed by atoms with van der Waals surface area (Å²) in [6.45, 7) is 6.74. The van der Waals surface area contributed by atoms with Gasteiger partial charge in [0.15, 0.2) is 12.4 Å². The maximum absolute atomic E-state index is 12.0. The van der Waals surface area contributed by atoms with Gasteiger partial charge in [-0.05, 0) is 18.8 Å². The summed E-state index contributed by atoms with van der Waals surface area (Å²) < 4.78 is 15.9. The number of hydrogen-bond acceptors (Lipinski definition) is 9. The summed E-state index contributed by atoms with van der Waals surface area (Å²) in [6, 6.07) is -2.05. The standard InChI is InChI=1S/C19H34N2O8/c1-5-7-12(22)21-15-16(24)17(29-13(23)8-6-2)11(28-19(15)26)9-27-18(25)14(20)10(3)4/h10-11,14-17,19,24,26H,5-9,20H2,1-4H3,(H,21,22)/t11-,14+,15-,16-,17-,19?/m1/s1. The molecule has 1 unspecified atom stereocenters. The van der Waals surface area contributed by atoms with E-state index in [0.29, 0.717) is 12.8 Å². The first kappa shape index (κ1) is 25.3. The van der Waals surface area contributed by atoms with Crippen LogP contribution in [0.2, 0.25) is 0 Å². The van der Waals surface area contributed by atoms with Crippen LogP contribution in [0.25, 0.3) is 0 Å². The summed E-state index contributed by atoms with van der Waals surface area (Å²) >= 11 is 0. The van der Waals surface area contributed by atoms with E-state index < -0.39 is 48.6 Å². The molecule has 1 aliphatic heterocycles. The fraction of sp³-hybridized carbons (Fsp3) is 0.842. The van der Waals surface area contributed by atoms with Crippen LogP contribution in [0.15, 0.2) is 0 Å². The molecule has 0 aromatic carbocycles. The van der Waals surface area contributed by atoms with E-state index in [1.165, 1.54) is 0 Å². The van der Waals surface area contributed by atoms with Crippen LogP contribution in [0.5, 0.6) is 0 Å². The lowest BCUT2D eigenvalue weighted by molar-refractivity contribution is -0.261. The second kappa shape index (κ2) is 12.1. The Balaban J connectivity index is 2.91. The van der Waals surface area contributed by atoms with Gasteiger partial charge in [-0.1, -0.05) is 27.7 Å². The molecule has 0 bridgehead atoms. The molecule has 10 nitrogen and oxygen atoms in total. The van der Waals surface area contributed by atoms with Crippen LogP contribution in [0.4, 0.5) is 0 Å². The summed E-state index contributed by atoms with van der Waals surface area (Å²) in [4.78, 5) is 35.9. The quantitative estimate of drug-likeness (QED) is 0.346. The highest BCUT2D eigenvalue weighted by Crippen LogP contribution is 2.24. The van der Waals surface area contributed by atoms with Crippen molar-refractivity contribution in [1.29, 1.82) is 0 Å². The van der Waals surface area contributed by atoms with Crippen LogP contribution < -0.4 is 11.1 Å². The first-order chi connectivity index (χ1) is 13.6. The third-order valence-electron chi connectivity index (χ3n) is 4.60. The number of aliphatic hydroxyl groups is 2. The van der Waals surface area contributed by atoms with Gasteiger partial charge in [-0.2, -0.15) is 0 Å². The molecule has 0 spiro atoms. The predicted octanol–water partition coefficient (Wildman–Crippen LogP) is -0.412. The number of ether oxygens (including phenoxy) is 3. The van der Waals surface area contributed by atoms with Crippen LogP contribution in [0, 0.1) is 5.92 Å². The number of nitrogens with one attached hydrogen (secondary N) is 1. The van der Waals surface area contributed by atoms with Crippen molar-refractivity contribution in [2.24, 2.45) is 11.7 Å². The van der Waals surface area contributed by atoms with E-state index >= 15 is 0 Å². The van der Waals surface area contributed by atoms with Crippen LogP contribution in [0.1, 0.15) is 53.4 Å². The fourth-order valence-corrected chi connectivity index (χ4v) is 2.80. The maximum atomic E-state index is 12.0. The number of carbonyl (C=O) groups excluding carboxylic acids is 3. The number of esters is 2. The van der Waals surface area contributed by atoms with Crippen molar-refractivity contribution < 1.29 is 38.8 Å². The number of amides is 1. The van der Waals surface area contributed by atoms with Crippen LogP contribution >= 0.6 is 0 Å². The molecule has 1 rings (SSSR count). The lowest BCUT2D eigenvalue weighted by Crippen LogP contribution is -2.65. The summed E-state index contributed by atoms with van der Waals surface area (Å²) in [5, 5.41) is 23.4. The van der Waals surface area contributed by atoms with Gasteiger partial charge >= 0.3 is 11.9 Å². The molecule has 168 valence electrons. The zero-order valence-electron chi connectivity index (χ0n) is 17.5. The van der Waals surface area contributed by atoms with Gasteiger partial charge < -0.3 is 35.5 Å². The summed E-state index contributed by atoms with van der Waals surface area (Å²) in [6.07, 6.45) is -3.97. The Morgan fingerprint density at radius 2 is 1.76 bits per heavy atom. The molecule has 1 amide bonds. The summed E-state index contributed by atoms with van der Waals surface area (Å²) in [5.41, 5.74) is 5.74. The molecule has 6 atom stereocenters. The van der Waals surface area contributed by atoms with Crippen molar-refractivity contribution in [3.8, 4) is 0 Å². The van der Waals surface area contributed by atoms with E-state index in [-0.39, 0.29) is 31.3 Å². The minimum atomic E-state index is -1.57. The molecule has 10 heteroatoms. The maximum Gasteiger partial charge on any atom is 0.323 e. The normalized spacial score (nSPS) is 27.9. The highest BCUT2D eigenvalue weighted by molar-refractivity contribution is 5.76. The smallest absolute Gasteiger partial charge is 0.323 e. The first-order valence-corrected chi connectivity index (χ1v) is 10.0. The summed E-state index contributed by atoms with van der Waals surface area (Å²) in [7, 11) is 0. The summed E-state index contributed by atoms with van der Waals surface area (Å²) in [5.74, 6) is -1.79. The van der Waals surface area contributed by atoms with Crippen molar-refractivity contribution in [2.45, 2.75) is 90.1 Å². The number of carbonyl (C=O) groups is 3. The van der Waals surface area contributed by atoms with Crippen molar-refractivity contribution >= 4 is 17.8 Å². The lowest BCUT2D eigenvalue weighted by atomic mass is 9.96. The number of hydrogen-bond donors (Lipinski definition) is 4. The molecule has 0 saturated carbocycles. The van der Waals surface area contributed by atoms with Crippen molar-refractivity contribution in [3.63, 3.8) is 0 Å². The Bertz CT molecular complexity index is 556. The molecule has 1 aliphatic rings. The average molecular weight is 418 g/mol. The number of nitrogens with two attached hydrogens (primary N) is 1. The zero-order chi connectivity index (χ0) is 22.1. The Kier molecular flexibility index (Phi) is 10.5. The van der Waals surface area contributed by atoms with E-state index in [9.17, 15) is 24.6 Å². The number of aliphatic hydroxyl groups excluding tert-OH is 2. The Hall–Kier alpha value is -1.75. The molecule has 0 aromatic heterocycles. The Morgan fingerprint density at radius 1 is 1.14 bits per heavy atom. The van der Waals surface area contributed by atoms with Gasteiger partial charge in [0.05, 0.1) is 0 Å². The topological polar surface area (TPSA) is 157 Å². The van der Waals surface area contributed by atoms with E-state index in [1.807, 2.05) is 6.92 Å². The van der Waals surface area contributed by atoms with E-state index in [2.05, 4.69) is 5.32 Å². The third-order valence-corrected chi connectivity index (χ3v) is 4.60. The van der Waals surface area contributed by atoms with Gasteiger partial charge in [-0.15, -0.1) is 0 Å². The van der Waals surface area contributed by atoms with Gasteiger partial charge in [-0.25, -0.2) is 0 Å². The Labute approximate surface area is 171 Å². The van der Waals surface area contributed by atoms with Crippen molar-refractivity contribution in [3.05, 3.63) is 0 Å². The van der Waals surface area contributed by atoms with Gasteiger partial charge in [0.1, 0.15) is 30.9 Å². The highest BCUT2D eigenvalue weighted by atomic mass is 16.7. The molecule has 29 heavy (non-hydrogen) atoms. The molecular formula is C19H34N2O8. The third kappa shape index (κ3) is 7.54. The first-order valence-electron chi connectivity index (χ1n) is 10.0. The second-order valence-electron chi connectivity index (χ2n) is 7.50. The Morgan fingerprint density at radius 3 is 2.31 bits per heavy atom. The molecule has 1 fully saturated rings. The minimum absolute atomic E-state index is 0.114. The zero-order valence-corrected chi connectivity index (χ0v) is 17.5. The molecule has 1 saturated heterocycles. The SMILES string of the molecule is CCCC(=O)N[C@H]1C(O)O[C@H](COC(=O)[C@@H](N)C(C)C)[C@@H](OC(=O)CCC)[C@@H]1O. The second-order valence-corrected chi connectivity index (χ2v) is 7.50. The van der Waals surface area contributed by atoms with Gasteiger partial charge in [0, 0.05) is 12.8 Å². The monoisotopic (exact) mass is 418 g/mol. The van der Waals surface area contributed by atoms with E-state index in [4.69, 9.17) is 19.9 Å². The largest absolute Gasteiger partial charge is 0.462 e. The van der Waals surface area contributed by atoms with Crippen LogP contribution in [-0.2, 0) is 28.6 Å². The van der Waals surface area contributed by atoms with Gasteiger partial charge in [0.25, 0.3) is 0 Å². The molecule has 0 aliphatic carbocycles. The van der Waals surface area contributed by atoms with E-state index in [0.717, 1.165) is 0 Å². The molecule has 1 heterocycles. The van der Waals surface area contributed by atoms with Crippen LogP contribution in [0.3, 0.4) is 0 Å². The fourth-order valence-electron chi connectivity index (χ4n) is 2.80. The van der Waals surface area contributed by atoms with Gasteiger partial charge in [-0.3, -0.25) is 14.4 Å². The predicted molar refractivity (Wildman–Crippen MR) is 102 cm³/mol. The highest BCUT2D eigenvalue weighted by Gasteiger charge is 2.48. The molecule has 5 N–H and O–H groups in total. The van der Waals surface area contributed by atoms with Crippen molar-refractivity contribution in [1.82, 2.24) is 5.32 Å². The molecule has 0 aromatic rings. The van der Waals surface area contributed by atoms with Gasteiger partial charge in [0.2, 0.25) is 5.91 Å². The average Bonchev–Trinajstić information content (AvgIpc) is 2.65. The van der Waals surface area contributed by atoms with Crippen LogP contribution in [-0.4, -0.2) is 71.4 Å². The molecule has 0 radical (unpaired) electrons. The van der Waals surface area contributed by atoms with E-state index in [1.54, 1.807) is 20.8 Å². The lowest BCUT2D eigenvalue weighted by Gasteiger charge is -2.42.